The van der Waals surface area contributed by atoms with E-state index in [0.717, 1.165) is 6.42 Å². The minimum atomic E-state index is -0.0128. The first-order valence-corrected chi connectivity index (χ1v) is 4.44. The summed E-state index contributed by atoms with van der Waals surface area (Å²) in [5.41, 5.74) is 5.29. The van der Waals surface area contributed by atoms with Gasteiger partial charge in [0.15, 0.2) is 11.5 Å². The monoisotopic (exact) mass is 201 g/mol. The molecule has 3 N–H and O–H groups in total. The van der Waals surface area contributed by atoms with E-state index in [0.29, 0.717) is 23.9 Å². The maximum Gasteiger partial charge on any atom is 0.176 e. The van der Waals surface area contributed by atoms with Gasteiger partial charge in [-0.1, -0.05) is 17.7 Å². The fraction of sp³-hybridized carbons (Fsp3) is 0.333. The molecule has 0 fully saturated rings. The molecule has 3 nitrogen and oxygen atoms in total. The molecule has 0 aliphatic carbocycles. The molecule has 0 radical (unpaired) electrons. The number of hydrogen-bond acceptors (Lipinski definition) is 3. The van der Waals surface area contributed by atoms with Gasteiger partial charge in [-0.25, -0.2) is 0 Å². The third-order valence-electron chi connectivity index (χ3n) is 1.56. The van der Waals surface area contributed by atoms with Crippen molar-refractivity contribution in [2.24, 2.45) is 5.73 Å². The van der Waals surface area contributed by atoms with Crippen LogP contribution in [0.1, 0.15) is 6.42 Å². The van der Waals surface area contributed by atoms with Gasteiger partial charge >= 0.3 is 0 Å². The summed E-state index contributed by atoms with van der Waals surface area (Å²) in [5, 5.41) is 9.71. The fourth-order valence-electron chi connectivity index (χ4n) is 0.877. The van der Waals surface area contributed by atoms with Crippen molar-refractivity contribution in [3.05, 3.63) is 23.2 Å². The number of rotatable bonds is 4. The number of halogens is 1. The SMILES string of the molecule is NCCCOc1cccc(Cl)c1O. The highest BCUT2D eigenvalue weighted by Crippen LogP contribution is 2.32. The van der Waals surface area contributed by atoms with Gasteiger partial charge in [-0.3, -0.25) is 0 Å². The highest BCUT2D eigenvalue weighted by molar-refractivity contribution is 6.32. The zero-order valence-corrected chi connectivity index (χ0v) is 7.92. The van der Waals surface area contributed by atoms with E-state index in [-0.39, 0.29) is 5.75 Å². The molecule has 0 saturated carbocycles. The average molecular weight is 202 g/mol. The van der Waals surface area contributed by atoms with Crippen molar-refractivity contribution in [2.75, 3.05) is 13.2 Å². The molecule has 0 atom stereocenters. The van der Waals surface area contributed by atoms with Crippen LogP contribution in [0.15, 0.2) is 18.2 Å². The zero-order chi connectivity index (χ0) is 9.68. The van der Waals surface area contributed by atoms with Gasteiger partial charge in [-0.2, -0.15) is 0 Å². The van der Waals surface area contributed by atoms with E-state index in [1.807, 2.05) is 0 Å². The van der Waals surface area contributed by atoms with Gasteiger partial charge in [0.05, 0.1) is 11.6 Å². The van der Waals surface area contributed by atoms with Crippen LogP contribution in [0.2, 0.25) is 5.02 Å². The van der Waals surface area contributed by atoms with E-state index >= 15 is 0 Å². The Labute approximate surface area is 82.1 Å². The number of benzene rings is 1. The van der Waals surface area contributed by atoms with Gasteiger partial charge in [0.2, 0.25) is 0 Å². The third kappa shape index (κ3) is 2.79. The van der Waals surface area contributed by atoms with Crippen LogP contribution >= 0.6 is 11.6 Å². The topological polar surface area (TPSA) is 55.5 Å². The summed E-state index contributed by atoms with van der Waals surface area (Å²) >= 11 is 5.67. The minimum absolute atomic E-state index is 0.0128. The van der Waals surface area contributed by atoms with Gasteiger partial charge < -0.3 is 15.6 Å². The van der Waals surface area contributed by atoms with Gasteiger partial charge in [0.1, 0.15) is 0 Å². The molecule has 0 aliphatic rings. The van der Waals surface area contributed by atoms with E-state index in [1.54, 1.807) is 18.2 Å². The number of aromatic hydroxyl groups is 1. The Morgan fingerprint density at radius 2 is 2.23 bits per heavy atom. The van der Waals surface area contributed by atoms with Crippen LogP contribution in [0.4, 0.5) is 0 Å². The van der Waals surface area contributed by atoms with Crippen molar-refractivity contribution in [1.29, 1.82) is 0 Å². The molecule has 0 aliphatic heterocycles. The number of hydrogen-bond donors (Lipinski definition) is 2. The Hall–Kier alpha value is -0.930. The summed E-state index contributed by atoms with van der Waals surface area (Å²) in [6, 6.07) is 4.99. The molecule has 0 saturated heterocycles. The lowest BCUT2D eigenvalue weighted by atomic mass is 10.3. The maximum absolute atomic E-state index is 9.41. The normalized spacial score (nSPS) is 10.0. The van der Waals surface area contributed by atoms with Crippen molar-refractivity contribution >= 4 is 11.6 Å². The van der Waals surface area contributed by atoms with Crippen LogP contribution in [0.25, 0.3) is 0 Å². The van der Waals surface area contributed by atoms with Crippen molar-refractivity contribution in [3.63, 3.8) is 0 Å². The number of ether oxygens (including phenoxy) is 1. The Balaban J connectivity index is 2.61. The summed E-state index contributed by atoms with van der Waals surface area (Å²) in [6.45, 7) is 1.06. The van der Waals surface area contributed by atoms with Crippen LogP contribution in [0, 0.1) is 0 Å². The highest BCUT2D eigenvalue weighted by Gasteiger charge is 2.04. The first kappa shape index (κ1) is 10.2. The Morgan fingerprint density at radius 1 is 1.46 bits per heavy atom. The van der Waals surface area contributed by atoms with Crippen LogP contribution in [-0.2, 0) is 0 Å². The maximum atomic E-state index is 9.41. The molecule has 1 aromatic carbocycles. The van der Waals surface area contributed by atoms with E-state index in [2.05, 4.69) is 0 Å². The molecule has 13 heavy (non-hydrogen) atoms. The fourth-order valence-corrected chi connectivity index (χ4v) is 1.04. The van der Waals surface area contributed by atoms with Crippen LogP contribution in [0.3, 0.4) is 0 Å². The van der Waals surface area contributed by atoms with Gasteiger partial charge in [0.25, 0.3) is 0 Å². The molecule has 0 spiro atoms. The van der Waals surface area contributed by atoms with Crippen molar-refractivity contribution in [3.8, 4) is 11.5 Å². The predicted octanol–water partition coefficient (Wildman–Crippen LogP) is 1.77. The van der Waals surface area contributed by atoms with Gasteiger partial charge in [-0.15, -0.1) is 0 Å². The van der Waals surface area contributed by atoms with Crippen molar-refractivity contribution in [1.82, 2.24) is 0 Å². The first-order valence-electron chi connectivity index (χ1n) is 4.06. The number of nitrogens with two attached hydrogens (primary N) is 1. The standard InChI is InChI=1S/C9H12ClNO2/c10-7-3-1-4-8(9(7)12)13-6-2-5-11/h1,3-4,12H,2,5-6,11H2. The molecule has 72 valence electrons. The Morgan fingerprint density at radius 3 is 2.92 bits per heavy atom. The molecule has 0 aromatic heterocycles. The largest absolute Gasteiger partial charge is 0.503 e. The summed E-state index contributed by atoms with van der Waals surface area (Å²) in [7, 11) is 0. The van der Waals surface area contributed by atoms with Crippen molar-refractivity contribution in [2.45, 2.75) is 6.42 Å². The van der Waals surface area contributed by atoms with E-state index in [4.69, 9.17) is 22.1 Å². The molecular formula is C9H12ClNO2. The van der Waals surface area contributed by atoms with E-state index in [9.17, 15) is 5.11 Å². The lowest BCUT2D eigenvalue weighted by molar-refractivity contribution is 0.296. The summed E-state index contributed by atoms with van der Waals surface area (Å²) < 4.78 is 5.24. The molecule has 4 heteroatoms. The first-order chi connectivity index (χ1) is 6.25. The second kappa shape index (κ2) is 4.94. The van der Waals surface area contributed by atoms with Gasteiger partial charge in [-0.05, 0) is 25.1 Å². The summed E-state index contributed by atoms with van der Waals surface area (Å²) in [6.07, 6.45) is 0.756. The van der Waals surface area contributed by atoms with E-state index < -0.39 is 0 Å². The molecule has 1 aromatic rings. The number of para-hydroxylation sites is 1. The Kier molecular flexibility index (Phi) is 3.86. The molecule has 1 rings (SSSR count). The molecule has 0 unspecified atom stereocenters. The lowest BCUT2D eigenvalue weighted by Crippen LogP contribution is -2.06. The predicted molar refractivity (Wildman–Crippen MR) is 52.3 cm³/mol. The van der Waals surface area contributed by atoms with Crippen LogP contribution in [-0.4, -0.2) is 18.3 Å². The quantitative estimate of drug-likeness (QED) is 0.731. The summed E-state index contributed by atoms with van der Waals surface area (Å²) in [4.78, 5) is 0. The smallest absolute Gasteiger partial charge is 0.176 e. The van der Waals surface area contributed by atoms with Crippen LogP contribution in [0.5, 0.6) is 11.5 Å². The number of phenolic OH excluding ortho intramolecular Hbond substituents is 1. The second-order valence-electron chi connectivity index (χ2n) is 2.58. The lowest BCUT2D eigenvalue weighted by Gasteiger charge is -2.07. The molecule has 0 heterocycles. The number of phenols is 1. The minimum Gasteiger partial charge on any atom is -0.503 e. The van der Waals surface area contributed by atoms with Crippen LogP contribution < -0.4 is 10.5 Å². The second-order valence-corrected chi connectivity index (χ2v) is 2.98. The molecule has 0 amide bonds. The molecule has 0 bridgehead atoms. The van der Waals surface area contributed by atoms with Gasteiger partial charge in [0, 0.05) is 0 Å². The Bertz CT molecular complexity index is 278. The average Bonchev–Trinajstić information content (AvgIpc) is 2.13. The zero-order valence-electron chi connectivity index (χ0n) is 7.16. The third-order valence-corrected chi connectivity index (χ3v) is 1.86. The van der Waals surface area contributed by atoms with E-state index in [1.165, 1.54) is 0 Å². The highest BCUT2D eigenvalue weighted by atomic mass is 35.5. The molecular weight excluding hydrogens is 190 g/mol. The summed E-state index contributed by atoms with van der Waals surface area (Å²) in [5.74, 6) is 0.391. The van der Waals surface area contributed by atoms with Crippen molar-refractivity contribution < 1.29 is 9.84 Å².